The first-order valence-corrected chi connectivity index (χ1v) is 8.81. The molecular formula is C17H14BrN3O2S. The molecule has 3 rings (SSSR count). The molecule has 0 aliphatic rings. The Hall–Kier alpha value is -2.25. The summed E-state index contributed by atoms with van der Waals surface area (Å²) in [5.74, 6) is 0.457. The zero-order chi connectivity index (χ0) is 16.9. The highest BCUT2D eigenvalue weighted by Crippen LogP contribution is 2.23. The summed E-state index contributed by atoms with van der Waals surface area (Å²) in [6, 6.07) is 9.10. The molecule has 2 heterocycles. The molecule has 0 radical (unpaired) electrons. The minimum absolute atomic E-state index is 0.179. The summed E-state index contributed by atoms with van der Waals surface area (Å²) >= 11 is 4.90. The molecule has 1 aromatic carbocycles. The van der Waals surface area contributed by atoms with E-state index in [-0.39, 0.29) is 5.91 Å². The monoisotopic (exact) mass is 403 g/mol. The first-order valence-electron chi connectivity index (χ1n) is 7.14. The number of methoxy groups -OCH3 is 1. The van der Waals surface area contributed by atoms with E-state index in [0.29, 0.717) is 17.9 Å². The van der Waals surface area contributed by atoms with Gasteiger partial charge in [-0.05, 0) is 46.3 Å². The van der Waals surface area contributed by atoms with Gasteiger partial charge >= 0.3 is 0 Å². The summed E-state index contributed by atoms with van der Waals surface area (Å²) in [7, 11) is 1.57. The average molecular weight is 404 g/mol. The van der Waals surface area contributed by atoms with Gasteiger partial charge in [0.15, 0.2) is 0 Å². The number of rotatable bonds is 5. The van der Waals surface area contributed by atoms with Crippen LogP contribution in [0.2, 0.25) is 0 Å². The van der Waals surface area contributed by atoms with Crippen molar-refractivity contribution in [1.82, 2.24) is 15.3 Å². The molecule has 0 bridgehead atoms. The zero-order valence-corrected chi connectivity index (χ0v) is 15.2. The van der Waals surface area contributed by atoms with Crippen molar-refractivity contribution < 1.29 is 9.53 Å². The minimum atomic E-state index is -0.179. The van der Waals surface area contributed by atoms with Crippen LogP contribution in [-0.4, -0.2) is 23.0 Å². The summed E-state index contributed by atoms with van der Waals surface area (Å²) in [6.45, 7) is 0.373. The van der Waals surface area contributed by atoms with Gasteiger partial charge < -0.3 is 10.1 Å². The third-order valence-corrected chi connectivity index (χ3v) is 4.89. The molecule has 0 saturated carbocycles. The van der Waals surface area contributed by atoms with E-state index in [4.69, 9.17) is 4.74 Å². The van der Waals surface area contributed by atoms with E-state index in [1.807, 2.05) is 17.5 Å². The van der Waals surface area contributed by atoms with Crippen LogP contribution in [0.15, 0.2) is 52.6 Å². The van der Waals surface area contributed by atoms with Gasteiger partial charge in [0, 0.05) is 27.8 Å². The summed E-state index contributed by atoms with van der Waals surface area (Å²) in [5.41, 5.74) is 2.42. The molecule has 122 valence electrons. The molecule has 2 aromatic heterocycles. The van der Waals surface area contributed by atoms with Gasteiger partial charge in [0.2, 0.25) is 0 Å². The van der Waals surface area contributed by atoms with Crippen molar-refractivity contribution in [3.63, 3.8) is 0 Å². The van der Waals surface area contributed by atoms with Crippen molar-refractivity contribution in [1.29, 1.82) is 0 Å². The number of aromatic nitrogens is 2. The second-order valence-electron chi connectivity index (χ2n) is 4.89. The summed E-state index contributed by atoms with van der Waals surface area (Å²) in [6.07, 6.45) is 3.47. The molecule has 0 aliphatic heterocycles. The van der Waals surface area contributed by atoms with Crippen molar-refractivity contribution in [3.05, 3.63) is 63.1 Å². The van der Waals surface area contributed by atoms with Crippen LogP contribution in [-0.2, 0) is 6.54 Å². The molecule has 1 amide bonds. The van der Waals surface area contributed by atoms with Crippen molar-refractivity contribution in [2.75, 3.05) is 7.11 Å². The van der Waals surface area contributed by atoms with Gasteiger partial charge in [0.25, 0.3) is 5.91 Å². The highest BCUT2D eigenvalue weighted by molar-refractivity contribution is 9.10. The van der Waals surface area contributed by atoms with Gasteiger partial charge in [0.1, 0.15) is 10.8 Å². The summed E-state index contributed by atoms with van der Waals surface area (Å²) in [4.78, 5) is 20.9. The fourth-order valence-corrected chi connectivity index (χ4v) is 3.27. The first kappa shape index (κ1) is 16.6. The Morgan fingerprint density at radius 1 is 1.29 bits per heavy atom. The predicted octanol–water partition coefficient (Wildman–Crippen LogP) is 3.91. The second-order valence-corrected chi connectivity index (χ2v) is 6.69. The van der Waals surface area contributed by atoms with Crippen LogP contribution in [0.3, 0.4) is 0 Å². The molecule has 0 fully saturated rings. The predicted molar refractivity (Wildman–Crippen MR) is 97.2 cm³/mol. The Balaban J connectivity index is 1.68. The zero-order valence-electron chi connectivity index (χ0n) is 12.8. The number of ether oxygens (including phenoxy) is 1. The third kappa shape index (κ3) is 3.80. The molecule has 24 heavy (non-hydrogen) atoms. The maximum absolute atomic E-state index is 12.4. The molecular weight excluding hydrogens is 390 g/mol. The molecule has 0 spiro atoms. The number of amides is 1. The number of pyridine rings is 1. The van der Waals surface area contributed by atoms with Crippen molar-refractivity contribution in [2.45, 2.75) is 6.54 Å². The topological polar surface area (TPSA) is 64.1 Å². The normalized spacial score (nSPS) is 10.4. The van der Waals surface area contributed by atoms with Crippen molar-refractivity contribution in [3.8, 4) is 17.0 Å². The maximum Gasteiger partial charge on any atom is 0.252 e. The Kier molecular flexibility index (Phi) is 5.22. The van der Waals surface area contributed by atoms with E-state index < -0.39 is 0 Å². The van der Waals surface area contributed by atoms with Crippen LogP contribution in [0.5, 0.6) is 5.75 Å². The number of halogens is 1. The Labute approximate surface area is 151 Å². The number of nitrogens with one attached hydrogen (secondary N) is 1. The number of thiazole rings is 1. The van der Waals surface area contributed by atoms with Crippen LogP contribution in [0.4, 0.5) is 0 Å². The van der Waals surface area contributed by atoms with Gasteiger partial charge in [-0.25, -0.2) is 4.98 Å². The fourth-order valence-electron chi connectivity index (χ4n) is 2.10. The first-order chi connectivity index (χ1) is 11.7. The Bertz CT molecular complexity index is 852. The number of benzene rings is 1. The second kappa shape index (κ2) is 7.55. The Morgan fingerprint density at radius 2 is 2.08 bits per heavy atom. The Morgan fingerprint density at radius 3 is 2.83 bits per heavy atom. The standard InChI is InChI=1S/C17H14BrN3O2S/c1-23-12-2-3-14(18)13(8-12)17(22)20-9-16-21-15(10-24-16)11-4-6-19-7-5-11/h2-8,10H,9H2,1H3,(H,20,22). The SMILES string of the molecule is COc1ccc(Br)c(C(=O)NCc2nc(-c3ccncc3)cs2)c1. The number of nitrogens with zero attached hydrogens (tertiary/aromatic N) is 2. The third-order valence-electron chi connectivity index (χ3n) is 3.35. The van der Waals surface area contributed by atoms with Crippen LogP contribution in [0.1, 0.15) is 15.4 Å². The smallest absolute Gasteiger partial charge is 0.252 e. The van der Waals surface area contributed by atoms with Gasteiger partial charge in [-0.3, -0.25) is 9.78 Å². The van der Waals surface area contributed by atoms with Gasteiger partial charge in [0.05, 0.1) is 24.9 Å². The highest BCUT2D eigenvalue weighted by Gasteiger charge is 2.12. The summed E-state index contributed by atoms with van der Waals surface area (Å²) in [5, 5.41) is 5.70. The molecule has 1 N–H and O–H groups in total. The lowest BCUT2D eigenvalue weighted by molar-refractivity contribution is 0.0949. The van der Waals surface area contributed by atoms with E-state index in [0.717, 1.165) is 20.7 Å². The molecule has 7 heteroatoms. The average Bonchev–Trinajstić information content (AvgIpc) is 3.10. The maximum atomic E-state index is 12.4. The van der Waals surface area contributed by atoms with Crippen LogP contribution < -0.4 is 10.1 Å². The van der Waals surface area contributed by atoms with E-state index in [1.165, 1.54) is 11.3 Å². The number of carbonyl (C=O) groups excluding carboxylic acids is 1. The molecule has 3 aromatic rings. The van der Waals surface area contributed by atoms with E-state index >= 15 is 0 Å². The lowest BCUT2D eigenvalue weighted by Gasteiger charge is -2.07. The molecule has 0 atom stereocenters. The van der Waals surface area contributed by atoms with Crippen LogP contribution >= 0.6 is 27.3 Å². The number of hydrogen-bond acceptors (Lipinski definition) is 5. The van der Waals surface area contributed by atoms with E-state index in [2.05, 4.69) is 31.2 Å². The largest absolute Gasteiger partial charge is 0.497 e. The number of carbonyl (C=O) groups is 1. The van der Waals surface area contributed by atoms with E-state index in [9.17, 15) is 4.79 Å². The number of hydrogen-bond donors (Lipinski definition) is 1. The highest BCUT2D eigenvalue weighted by atomic mass is 79.9. The van der Waals surface area contributed by atoms with Crippen LogP contribution in [0, 0.1) is 0 Å². The lowest BCUT2D eigenvalue weighted by Crippen LogP contribution is -2.23. The summed E-state index contributed by atoms with van der Waals surface area (Å²) < 4.78 is 5.88. The molecule has 5 nitrogen and oxygen atoms in total. The fraction of sp³-hybridized carbons (Fsp3) is 0.118. The van der Waals surface area contributed by atoms with Crippen molar-refractivity contribution in [2.24, 2.45) is 0 Å². The molecule has 0 unspecified atom stereocenters. The lowest BCUT2D eigenvalue weighted by atomic mass is 10.2. The van der Waals surface area contributed by atoms with Crippen LogP contribution in [0.25, 0.3) is 11.3 Å². The minimum Gasteiger partial charge on any atom is -0.497 e. The van der Waals surface area contributed by atoms with Gasteiger partial charge in [-0.2, -0.15) is 0 Å². The molecule has 0 saturated heterocycles. The van der Waals surface area contributed by atoms with Gasteiger partial charge in [-0.1, -0.05) is 0 Å². The quantitative estimate of drug-likeness (QED) is 0.701. The van der Waals surface area contributed by atoms with Gasteiger partial charge in [-0.15, -0.1) is 11.3 Å². The van der Waals surface area contributed by atoms with E-state index in [1.54, 1.807) is 37.7 Å². The van der Waals surface area contributed by atoms with Crippen molar-refractivity contribution >= 4 is 33.2 Å². The molecule has 0 aliphatic carbocycles.